The number of rotatable bonds is 8. The fourth-order valence-electron chi connectivity index (χ4n) is 7.52. The molecule has 2 heterocycles. The molecular formula is C52H43FN4. The molecule has 0 unspecified atom stereocenters. The molecule has 0 amide bonds. The first kappa shape index (κ1) is 36.6. The van der Waals surface area contributed by atoms with Crippen molar-refractivity contribution >= 4 is 49.3 Å². The van der Waals surface area contributed by atoms with E-state index in [1.807, 2.05) is 73.7 Å². The quantitative estimate of drug-likeness (QED) is 0.152. The van der Waals surface area contributed by atoms with Crippen LogP contribution in [0.25, 0.3) is 71.8 Å². The van der Waals surface area contributed by atoms with Crippen molar-refractivity contribution in [2.45, 2.75) is 13.3 Å². The Kier molecular flexibility index (Phi) is 10.6. The Bertz CT molecular complexity index is 2930. The van der Waals surface area contributed by atoms with Crippen molar-refractivity contribution in [3.05, 3.63) is 223 Å². The molecule has 0 bridgehead atoms. The molecule has 4 N–H and O–H groups in total. The van der Waals surface area contributed by atoms with Gasteiger partial charge in [0.25, 0.3) is 0 Å². The summed E-state index contributed by atoms with van der Waals surface area (Å²) in [7, 11) is 0. The summed E-state index contributed by atoms with van der Waals surface area (Å²) < 4.78 is 19.3. The van der Waals surface area contributed by atoms with Gasteiger partial charge in [0, 0.05) is 38.6 Å². The zero-order valence-corrected chi connectivity index (χ0v) is 31.8. The highest BCUT2D eigenvalue weighted by molar-refractivity contribution is 6.12. The van der Waals surface area contributed by atoms with E-state index >= 15 is 0 Å². The van der Waals surface area contributed by atoms with Gasteiger partial charge in [0.05, 0.1) is 22.1 Å². The predicted molar refractivity (Wildman–Crippen MR) is 240 cm³/mol. The van der Waals surface area contributed by atoms with Crippen LogP contribution < -0.4 is 11.5 Å². The molecule has 7 aromatic carbocycles. The smallest absolute Gasteiger partial charge is 0.123 e. The Labute approximate surface area is 332 Å². The molecule has 5 heteroatoms. The predicted octanol–water partition coefficient (Wildman–Crippen LogP) is 12.8. The Morgan fingerprint density at radius 1 is 0.526 bits per heavy atom. The first-order valence-electron chi connectivity index (χ1n) is 19.1. The maximum atomic E-state index is 14.8. The molecule has 0 spiro atoms. The van der Waals surface area contributed by atoms with Crippen molar-refractivity contribution in [1.29, 1.82) is 0 Å². The number of halogens is 1. The average molecular weight is 743 g/mol. The summed E-state index contributed by atoms with van der Waals surface area (Å²) in [6.07, 6.45) is 13.8. The van der Waals surface area contributed by atoms with E-state index in [1.165, 1.54) is 28.1 Å². The van der Waals surface area contributed by atoms with Gasteiger partial charge in [0.2, 0.25) is 0 Å². The van der Waals surface area contributed by atoms with Gasteiger partial charge >= 0.3 is 0 Å². The van der Waals surface area contributed by atoms with Crippen LogP contribution in [0.3, 0.4) is 0 Å². The molecule has 0 atom stereocenters. The molecule has 9 aromatic rings. The van der Waals surface area contributed by atoms with Gasteiger partial charge < -0.3 is 20.6 Å². The maximum absolute atomic E-state index is 14.8. The fraction of sp³-hybridized carbons (Fsp3) is 0.0385. The number of aromatic nitrogens is 2. The highest BCUT2D eigenvalue weighted by Crippen LogP contribution is 2.38. The molecule has 0 aliphatic rings. The van der Waals surface area contributed by atoms with Gasteiger partial charge in [-0.1, -0.05) is 121 Å². The molecule has 9 rings (SSSR count). The Hall–Kier alpha value is -7.37. The summed E-state index contributed by atoms with van der Waals surface area (Å²) >= 11 is 0. The number of allylic oxidation sites excluding steroid dienone is 6. The summed E-state index contributed by atoms with van der Waals surface area (Å²) in [5.74, 6) is -0.245. The topological polar surface area (TPSA) is 61.9 Å². The number of hydrogen-bond acceptors (Lipinski definition) is 2. The summed E-state index contributed by atoms with van der Waals surface area (Å²) in [5, 5.41) is 4.32. The van der Waals surface area contributed by atoms with E-state index in [4.69, 9.17) is 11.5 Å². The number of para-hydroxylation sites is 2. The van der Waals surface area contributed by atoms with Crippen molar-refractivity contribution in [2.24, 2.45) is 11.5 Å². The molecule has 2 aromatic heterocycles. The lowest BCUT2D eigenvalue weighted by Gasteiger charge is -2.10. The summed E-state index contributed by atoms with van der Waals surface area (Å²) in [6, 6.07) is 56.0. The molecule has 0 fully saturated rings. The van der Waals surface area contributed by atoms with Crippen LogP contribution in [0.1, 0.15) is 18.1 Å². The van der Waals surface area contributed by atoms with E-state index in [0.717, 1.165) is 67.5 Å². The van der Waals surface area contributed by atoms with Crippen LogP contribution in [0.4, 0.5) is 4.39 Å². The molecule has 0 aliphatic heterocycles. The number of benzene rings is 7. The normalized spacial score (nSPS) is 12.1. The SMILES string of the molecule is C/C=C/C=C\C=C/N.N/C(=C\Cc1ccc(-n2c3ccc(F)cc3c3cc(-c4ccc5c(c4)c4ccccc4n5-c4ccccc4)ccc32)cc1)c1ccccc1. The van der Waals surface area contributed by atoms with Crippen LogP contribution in [0, 0.1) is 5.82 Å². The minimum absolute atomic E-state index is 0.245. The third-order valence-corrected chi connectivity index (χ3v) is 10.2. The largest absolute Gasteiger partial charge is 0.405 e. The van der Waals surface area contributed by atoms with E-state index in [1.54, 1.807) is 18.2 Å². The second kappa shape index (κ2) is 16.6. The molecule has 278 valence electrons. The number of nitrogens with zero attached hydrogens (tertiary/aromatic N) is 2. The molecule has 0 radical (unpaired) electrons. The van der Waals surface area contributed by atoms with E-state index in [2.05, 4.69) is 124 Å². The van der Waals surface area contributed by atoms with Gasteiger partial charge in [-0.3, -0.25) is 0 Å². The van der Waals surface area contributed by atoms with Crippen LogP contribution in [0.5, 0.6) is 0 Å². The lowest BCUT2D eigenvalue weighted by Crippen LogP contribution is -1.97. The van der Waals surface area contributed by atoms with Gasteiger partial charge in [0.1, 0.15) is 5.82 Å². The fourth-order valence-corrected chi connectivity index (χ4v) is 7.52. The van der Waals surface area contributed by atoms with Crippen molar-refractivity contribution in [2.75, 3.05) is 0 Å². The standard InChI is InChI=1S/C45H32FN3.C7H11N/c46-34-20-26-45-40(29-34)39-28-33(32-18-24-43-38(27-32)37-13-7-8-14-42(37)48(43)35-11-5-2-6-12-35)19-25-44(39)49(45)36-21-15-30(16-22-36)17-23-41(47)31-9-3-1-4-10-31;1-2-3-4-5-6-7-8/h1-16,18-29H,17,47H2;2-7H,8H2,1H3/b41-23-;3-2+,5-4-,7-6-. The van der Waals surface area contributed by atoms with Crippen LogP contribution >= 0.6 is 0 Å². The monoisotopic (exact) mass is 742 g/mol. The van der Waals surface area contributed by atoms with Gasteiger partial charge in [-0.2, -0.15) is 0 Å². The second-order valence-corrected chi connectivity index (χ2v) is 13.8. The number of hydrogen-bond donors (Lipinski definition) is 2. The summed E-state index contributed by atoms with van der Waals surface area (Å²) in [5.41, 5.74) is 23.1. The minimum Gasteiger partial charge on any atom is -0.405 e. The first-order chi connectivity index (χ1) is 28.0. The van der Waals surface area contributed by atoms with Gasteiger partial charge in [0.15, 0.2) is 0 Å². The maximum Gasteiger partial charge on any atom is 0.123 e. The van der Waals surface area contributed by atoms with Crippen LogP contribution in [0.2, 0.25) is 0 Å². The lowest BCUT2D eigenvalue weighted by atomic mass is 10.0. The van der Waals surface area contributed by atoms with Crippen LogP contribution in [0.15, 0.2) is 206 Å². The molecular weight excluding hydrogens is 700 g/mol. The van der Waals surface area contributed by atoms with Gasteiger partial charge in [-0.05, 0) is 121 Å². The highest BCUT2D eigenvalue weighted by Gasteiger charge is 2.16. The third kappa shape index (κ3) is 7.51. The third-order valence-electron chi connectivity index (χ3n) is 10.2. The van der Waals surface area contributed by atoms with E-state index in [0.29, 0.717) is 0 Å². The molecule has 0 aliphatic carbocycles. The Balaban J connectivity index is 0.000000517. The second-order valence-electron chi connectivity index (χ2n) is 13.8. The summed E-state index contributed by atoms with van der Waals surface area (Å²) in [6.45, 7) is 1.97. The molecule has 0 saturated heterocycles. The summed E-state index contributed by atoms with van der Waals surface area (Å²) in [4.78, 5) is 0. The van der Waals surface area contributed by atoms with Crippen LogP contribution in [-0.2, 0) is 6.42 Å². The van der Waals surface area contributed by atoms with Crippen molar-refractivity contribution in [3.63, 3.8) is 0 Å². The molecule has 4 nitrogen and oxygen atoms in total. The lowest BCUT2D eigenvalue weighted by molar-refractivity contribution is 0.629. The van der Waals surface area contributed by atoms with Crippen molar-refractivity contribution in [1.82, 2.24) is 9.13 Å². The zero-order chi connectivity index (χ0) is 39.1. The Morgan fingerprint density at radius 3 is 1.70 bits per heavy atom. The highest BCUT2D eigenvalue weighted by atomic mass is 19.1. The van der Waals surface area contributed by atoms with E-state index in [-0.39, 0.29) is 5.82 Å². The number of nitrogens with two attached hydrogens (primary N) is 2. The van der Waals surface area contributed by atoms with E-state index < -0.39 is 0 Å². The molecule has 57 heavy (non-hydrogen) atoms. The Morgan fingerprint density at radius 2 is 1.05 bits per heavy atom. The van der Waals surface area contributed by atoms with E-state index in [9.17, 15) is 4.39 Å². The first-order valence-corrected chi connectivity index (χ1v) is 19.1. The van der Waals surface area contributed by atoms with Crippen molar-refractivity contribution in [3.8, 4) is 22.5 Å². The molecule has 0 saturated carbocycles. The zero-order valence-electron chi connectivity index (χ0n) is 31.8. The average Bonchev–Trinajstić information content (AvgIpc) is 3.77. The van der Waals surface area contributed by atoms with Gasteiger partial charge in [-0.25, -0.2) is 4.39 Å². The minimum atomic E-state index is -0.245. The van der Waals surface area contributed by atoms with Crippen molar-refractivity contribution < 1.29 is 4.39 Å². The number of fused-ring (bicyclic) bond motifs is 6. The van der Waals surface area contributed by atoms with Gasteiger partial charge in [-0.15, -0.1) is 0 Å². The van der Waals surface area contributed by atoms with Crippen LogP contribution in [-0.4, -0.2) is 9.13 Å².